The van der Waals surface area contributed by atoms with Gasteiger partial charge in [0.05, 0.1) is 12.7 Å². The minimum atomic E-state index is -0.702. The van der Waals surface area contributed by atoms with Crippen LogP contribution in [0.2, 0.25) is 0 Å². The Morgan fingerprint density at radius 3 is 2.86 bits per heavy atom. The molecular formula is C10H14INO2. The molecule has 0 bridgehead atoms. The number of nitrogens with one attached hydrogen (secondary N) is 1. The van der Waals surface area contributed by atoms with Crippen LogP contribution in [0.5, 0.6) is 0 Å². The summed E-state index contributed by atoms with van der Waals surface area (Å²) < 4.78 is 1.19. The average molecular weight is 307 g/mol. The fourth-order valence-corrected chi connectivity index (χ4v) is 1.59. The molecule has 0 heterocycles. The number of benzene rings is 1. The first kappa shape index (κ1) is 11.7. The van der Waals surface area contributed by atoms with Crippen molar-refractivity contribution in [2.75, 3.05) is 18.5 Å². The second-order valence-electron chi connectivity index (χ2n) is 3.13. The van der Waals surface area contributed by atoms with Crippen molar-refractivity contribution < 1.29 is 10.2 Å². The van der Waals surface area contributed by atoms with Gasteiger partial charge in [-0.15, -0.1) is 0 Å². The molecule has 1 atom stereocenters. The molecule has 0 saturated heterocycles. The summed E-state index contributed by atoms with van der Waals surface area (Å²) >= 11 is 2.26. The number of anilines is 1. The molecule has 0 aliphatic rings. The van der Waals surface area contributed by atoms with Crippen molar-refractivity contribution in [3.8, 4) is 0 Å². The van der Waals surface area contributed by atoms with E-state index >= 15 is 0 Å². The van der Waals surface area contributed by atoms with Gasteiger partial charge in [-0.3, -0.25) is 0 Å². The zero-order chi connectivity index (χ0) is 10.6. The predicted octanol–water partition coefficient (Wildman–Crippen LogP) is 1.36. The van der Waals surface area contributed by atoms with E-state index in [-0.39, 0.29) is 6.61 Å². The van der Waals surface area contributed by atoms with Gasteiger partial charge in [0.25, 0.3) is 0 Å². The van der Waals surface area contributed by atoms with Gasteiger partial charge in [-0.2, -0.15) is 0 Å². The minimum absolute atomic E-state index is 0.212. The molecule has 0 saturated carbocycles. The monoisotopic (exact) mass is 307 g/mol. The highest BCUT2D eigenvalue weighted by Gasteiger charge is 2.04. The van der Waals surface area contributed by atoms with Crippen molar-refractivity contribution in [2.24, 2.45) is 0 Å². The first-order valence-electron chi connectivity index (χ1n) is 4.43. The lowest BCUT2D eigenvalue weighted by molar-refractivity contribution is 0.105. The summed E-state index contributed by atoms with van der Waals surface area (Å²) in [7, 11) is 0. The fraction of sp³-hybridized carbons (Fsp3) is 0.400. The van der Waals surface area contributed by atoms with Gasteiger partial charge in [0.2, 0.25) is 0 Å². The van der Waals surface area contributed by atoms with E-state index < -0.39 is 6.10 Å². The van der Waals surface area contributed by atoms with E-state index in [4.69, 9.17) is 10.2 Å². The molecule has 1 rings (SSSR count). The molecule has 1 aromatic carbocycles. The fourth-order valence-electron chi connectivity index (χ4n) is 1.09. The van der Waals surface area contributed by atoms with Gasteiger partial charge in [-0.05, 0) is 47.2 Å². The highest BCUT2D eigenvalue weighted by Crippen LogP contribution is 2.19. The molecule has 0 aliphatic carbocycles. The lowest BCUT2D eigenvalue weighted by Gasteiger charge is -2.13. The van der Waals surface area contributed by atoms with Crippen LogP contribution in [-0.2, 0) is 0 Å². The number of aliphatic hydroxyl groups is 2. The summed E-state index contributed by atoms with van der Waals surface area (Å²) in [5, 5.41) is 20.9. The molecule has 4 heteroatoms. The van der Waals surface area contributed by atoms with Crippen molar-refractivity contribution in [3.63, 3.8) is 0 Å². The molecule has 78 valence electrons. The Hall–Kier alpha value is -0.330. The molecule has 0 radical (unpaired) electrons. The van der Waals surface area contributed by atoms with Crippen LogP contribution in [0.25, 0.3) is 0 Å². The Morgan fingerprint density at radius 2 is 2.21 bits per heavy atom. The molecule has 0 aliphatic heterocycles. The van der Waals surface area contributed by atoms with Gasteiger partial charge in [0.1, 0.15) is 0 Å². The van der Waals surface area contributed by atoms with Crippen LogP contribution < -0.4 is 5.32 Å². The van der Waals surface area contributed by atoms with Crippen LogP contribution >= 0.6 is 22.6 Å². The molecule has 3 nitrogen and oxygen atoms in total. The molecule has 0 amide bonds. The second kappa shape index (κ2) is 5.53. The number of hydrogen-bond acceptors (Lipinski definition) is 3. The van der Waals surface area contributed by atoms with E-state index in [1.165, 1.54) is 9.13 Å². The summed E-state index contributed by atoms with van der Waals surface area (Å²) in [6, 6.07) is 5.95. The SMILES string of the molecule is Cc1c(I)cccc1NCC(O)CO. The van der Waals surface area contributed by atoms with Gasteiger partial charge in [-0.25, -0.2) is 0 Å². The number of rotatable bonds is 4. The molecule has 1 unspecified atom stereocenters. The first-order valence-corrected chi connectivity index (χ1v) is 5.51. The second-order valence-corrected chi connectivity index (χ2v) is 4.29. The Labute approximate surface area is 97.3 Å². The largest absolute Gasteiger partial charge is 0.394 e. The van der Waals surface area contributed by atoms with Crippen molar-refractivity contribution in [1.29, 1.82) is 0 Å². The molecule has 3 N–H and O–H groups in total. The van der Waals surface area contributed by atoms with Crippen LogP contribution in [0.4, 0.5) is 5.69 Å². The summed E-state index contributed by atoms with van der Waals surface area (Å²) in [5.74, 6) is 0. The van der Waals surface area contributed by atoms with Crippen LogP contribution in [0.1, 0.15) is 5.56 Å². The van der Waals surface area contributed by atoms with Crippen molar-refractivity contribution in [2.45, 2.75) is 13.0 Å². The quantitative estimate of drug-likeness (QED) is 0.736. The molecule has 1 aromatic rings. The van der Waals surface area contributed by atoms with Crippen LogP contribution in [0.3, 0.4) is 0 Å². The Morgan fingerprint density at radius 1 is 1.50 bits per heavy atom. The third-order valence-electron chi connectivity index (χ3n) is 2.01. The van der Waals surface area contributed by atoms with Gasteiger partial charge in [-0.1, -0.05) is 6.07 Å². The zero-order valence-electron chi connectivity index (χ0n) is 8.00. The third-order valence-corrected chi connectivity index (χ3v) is 3.18. The summed E-state index contributed by atoms with van der Waals surface area (Å²) in [6.07, 6.45) is -0.702. The van der Waals surface area contributed by atoms with E-state index in [1.54, 1.807) is 0 Å². The van der Waals surface area contributed by atoms with Crippen LogP contribution in [0, 0.1) is 10.5 Å². The maximum atomic E-state index is 9.17. The molecule has 14 heavy (non-hydrogen) atoms. The summed E-state index contributed by atoms with van der Waals surface area (Å²) in [6.45, 7) is 2.18. The van der Waals surface area contributed by atoms with Crippen LogP contribution in [0.15, 0.2) is 18.2 Å². The maximum absolute atomic E-state index is 9.17. The van der Waals surface area contributed by atoms with E-state index in [1.807, 2.05) is 25.1 Å². The normalized spacial score (nSPS) is 12.6. The average Bonchev–Trinajstić information content (AvgIpc) is 2.20. The number of aliphatic hydroxyl groups excluding tert-OH is 2. The minimum Gasteiger partial charge on any atom is -0.394 e. The van der Waals surface area contributed by atoms with E-state index in [0.29, 0.717) is 6.54 Å². The summed E-state index contributed by atoms with van der Waals surface area (Å²) in [5.41, 5.74) is 2.17. The molecular weight excluding hydrogens is 293 g/mol. The molecule has 0 aromatic heterocycles. The first-order chi connectivity index (χ1) is 6.65. The zero-order valence-corrected chi connectivity index (χ0v) is 10.2. The standard InChI is InChI=1S/C10H14INO2/c1-7-9(11)3-2-4-10(7)12-5-8(14)6-13/h2-4,8,12-14H,5-6H2,1H3. The molecule has 0 fully saturated rings. The van der Waals surface area contributed by atoms with Crippen molar-refractivity contribution in [1.82, 2.24) is 0 Å². The van der Waals surface area contributed by atoms with E-state index in [2.05, 4.69) is 27.9 Å². The van der Waals surface area contributed by atoms with E-state index in [0.717, 1.165) is 5.69 Å². The Balaban J connectivity index is 2.63. The smallest absolute Gasteiger partial charge is 0.0942 e. The Bertz CT molecular complexity index is 304. The molecule has 0 spiro atoms. The van der Waals surface area contributed by atoms with Gasteiger partial charge >= 0.3 is 0 Å². The Kier molecular flexibility index (Phi) is 4.64. The van der Waals surface area contributed by atoms with Crippen molar-refractivity contribution >= 4 is 28.3 Å². The number of hydrogen-bond donors (Lipinski definition) is 3. The van der Waals surface area contributed by atoms with Gasteiger partial charge in [0.15, 0.2) is 0 Å². The predicted molar refractivity (Wildman–Crippen MR) is 65.5 cm³/mol. The summed E-state index contributed by atoms with van der Waals surface area (Å²) in [4.78, 5) is 0. The third kappa shape index (κ3) is 3.11. The van der Waals surface area contributed by atoms with Gasteiger partial charge < -0.3 is 15.5 Å². The van der Waals surface area contributed by atoms with Gasteiger partial charge in [0, 0.05) is 15.8 Å². The topological polar surface area (TPSA) is 52.5 Å². The lowest BCUT2D eigenvalue weighted by atomic mass is 10.2. The maximum Gasteiger partial charge on any atom is 0.0942 e. The van der Waals surface area contributed by atoms with E-state index in [9.17, 15) is 0 Å². The van der Waals surface area contributed by atoms with Crippen molar-refractivity contribution in [3.05, 3.63) is 27.3 Å². The van der Waals surface area contributed by atoms with Crippen LogP contribution in [-0.4, -0.2) is 29.5 Å². The highest BCUT2D eigenvalue weighted by molar-refractivity contribution is 14.1. The highest BCUT2D eigenvalue weighted by atomic mass is 127. The number of halogens is 1. The lowest BCUT2D eigenvalue weighted by Crippen LogP contribution is -2.23.